The fraction of sp³-hybridized carbons (Fsp3) is 0.714. The number of thiol groups is 1. The minimum absolute atomic E-state index is 0.0237. The number of ketones is 2. The zero-order valence-corrected chi connectivity index (χ0v) is 17.0. The zero-order valence-electron chi connectivity index (χ0n) is 16.2. The molecule has 5 nitrogen and oxygen atoms in total. The molecule has 7 heteroatoms. The molecule has 0 bridgehead atoms. The van der Waals surface area contributed by atoms with Crippen LogP contribution in [0, 0.1) is 22.7 Å². The average molecular weight is 411 g/mol. The number of Topliss-reactive ketones (excluding diaryl/α,β-unsaturated/α-hetero) is 1. The third-order valence-corrected chi connectivity index (χ3v) is 8.58. The van der Waals surface area contributed by atoms with Gasteiger partial charge in [0.05, 0.1) is 6.10 Å². The normalized spacial score (nSPS) is 49.9. The summed E-state index contributed by atoms with van der Waals surface area (Å²) in [6.07, 6.45) is 4.86. The molecule has 0 heterocycles. The van der Waals surface area contributed by atoms with Crippen LogP contribution in [0.1, 0.15) is 46.0 Å². The van der Waals surface area contributed by atoms with Crippen molar-refractivity contribution in [2.24, 2.45) is 22.7 Å². The van der Waals surface area contributed by atoms with Crippen LogP contribution in [-0.2, 0) is 13.8 Å². The fourth-order valence-electron chi connectivity index (χ4n) is 6.85. The van der Waals surface area contributed by atoms with Gasteiger partial charge in [-0.25, -0.2) is 4.39 Å². The summed E-state index contributed by atoms with van der Waals surface area (Å²) in [5.74, 6) is -1.40. The quantitative estimate of drug-likeness (QED) is 0.492. The van der Waals surface area contributed by atoms with Crippen molar-refractivity contribution in [1.82, 2.24) is 0 Å². The first kappa shape index (κ1) is 20.3. The van der Waals surface area contributed by atoms with Crippen molar-refractivity contribution in [2.75, 3.05) is 6.61 Å². The second-order valence-corrected chi connectivity index (χ2v) is 9.62. The maximum atomic E-state index is 16.8. The molecule has 4 aliphatic rings. The molecule has 3 saturated carbocycles. The first-order valence-electron chi connectivity index (χ1n) is 9.88. The molecule has 0 radical (unpaired) electrons. The number of carbonyl (C=O) groups excluding carboxylic acids is 2. The number of aliphatic hydroxyl groups excluding tert-OH is 1. The average Bonchev–Trinajstić information content (AvgIpc) is 2.90. The van der Waals surface area contributed by atoms with Crippen molar-refractivity contribution in [3.8, 4) is 0 Å². The Morgan fingerprint density at radius 3 is 2.75 bits per heavy atom. The lowest BCUT2D eigenvalue weighted by atomic mass is 9.44. The molecule has 0 aromatic heterocycles. The molecular weight excluding hydrogens is 383 g/mol. The van der Waals surface area contributed by atoms with Crippen LogP contribution < -0.4 is 0 Å². The highest BCUT2D eigenvalue weighted by Crippen LogP contribution is 2.69. The summed E-state index contributed by atoms with van der Waals surface area (Å²) in [5, 5.41) is 22.4. The maximum absolute atomic E-state index is 16.8. The number of halogens is 1. The minimum Gasteiger partial charge on any atom is -0.390 e. The number of alkyl halides is 1. The van der Waals surface area contributed by atoms with E-state index in [2.05, 4.69) is 17.1 Å². The van der Waals surface area contributed by atoms with Gasteiger partial charge in [-0.1, -0.05) is 18.6 Å². The highest BCUT2D eigenvalue weighted by atomic mass is 32.1. The SMILES string of the molecule is CC12C=CC(=O)C=C1CCC1C3CCC(O)(C(=O)COS)C3(C)CC(O)C12F. The van der Waals surface area contributed by atoms with Crippen LogP contribution in [0.2, 0.25) is 0 Å². The molecule has 7 atom stereocenters. The number of rotatable bonds is 3. The molecule has 0 aliphatic heterocycles. The Kier molecular flexibility index (Phi) is 4.51. The Morgan fingerprint density at radius 1 is 1.36 bits per heavy atom. The number of carbonyl (C=O) groups is 2. The van der Waals surface area contributed by atoms with Crippen LogP contribution in [-0.4, -0.2) is 45.8 Å². The third-order valence-electron chi connectivity index (χ3n) is 8.45. The van der Waals surface area contributed by atoms with Gasteiger partial charge in [-0.3, -0.25) is 9.59 Å². The molecule has 3 fully saturated rings. The van der Waals surface area contributed by atoms with Crippen LogP contribution in [0.3, 0.4) is 0 Å². The van der Waals surface area contributed by atoms with Gasteiger partial charge in [0, 0.05) is 16.7 Å². The van der Waals surface area contributed by atoms with Crippen molar-refractivity contribution in [1.29, 1.82) is 0 Å². The highest BCUT2D eigenvalue weighted by Gasteiger charge is 2.74. The van der Waals surface area contributed by atoms with E-state index in [1.165, 1.54) is 12.2 Å². The molecule has 154 valence electrons. The summed E-state index contributed by atoms with van der Waals surface area (Å²) >= 11 is 3.63. The molecule has 7 unspecified atom stereocenters. The van der Waals surface area contributed by atoms with E-state index >= 15 is 4.39 Å². The molecule has 0 saturated heterocycles. The lowest BCUT2D eigenvalue weighted by Gasteiger charge is -2.62. The van der Waals surface area contributed by atoms with Crippen molar-refractivity contribution in [2.45, 2.75) is 63.3 Å². The summed E-state index contributed by atoms with van der Waals surface area (Å²) in [5.41, 5.74) is -4.91. The summed E-state index contributed by atoms with van der Waals surface area (Å²) in [4.78, 5) is 24.5. The Labute approximate surface area is 169 Å². The molecule has 4 aliphatic carbocycles. The first-order chi connectivity index (χ1) is 13.0. The number of aliphatic hydroxyl groups is 2. The number of allylic oxidation sites excluding steroid dienone is 4. The standard InChI is InChI=1S/C21H27FO5S/c1-18-7-5-13(23)9-12(18)3-4-15-14-6-8-20(26,17(25)11-27-28)19(14,2)10-16(24)21(15,18)22/h5,7,9,14-16,24,26,28H,3-4,6,8,10-11H2,1-2H3. The molecule has 0 aromatic rings. The maximum Gasteiger partial charge on any atom is 0.191 e. The molecule has 2 N–H and O–H groups in total. The second-order valence-electron chi connectivity index (χ2n) is 9.36. The third kappa shape index (κ3) is 2.25. The molecule has 0 amide bonds. The summed E-state index contributed by atoms with van der Waals surface area (Å²) in [7, 11) is 0. The van der Waals surface area contributed by atoms with E-state index in [0.717, 1.165) is 0 Å². The predicted octanol–water partition coefficient (Wildman–Crippen LogP) is 2.52. The molecular formula is C21H27FO5S. The molecule has 4 rings (SSSR count). The predicted molar refractivity (Wildman–Crippen MR) is 103 cm³/mol. The monoisotopic (exact) mass is 410 g/mol. The first-order valence-corrected chi connectivity index (χ1v) is 10.2. The zero-order chi connectivity index (χ0) is 20.5. The number of fused-ring (bicyclic) bond motifs is 5. The Hall–Kier alpha value is -1.02. The van der Waals surface area contributed by atoms with Gasteiger partial charge in [-0.2, -0.15) is 0 Å². The van der Waals surface area contributed by atoms with Crippen LogP contribution in [0.15, 0.2) is 23.8 Å². The molecule has 0 aromatic carbocycles. The van der Waals surface area contributed by atoms with Crippen LogP contribution in [0.4, 0.5) is 4.39 Å². The fourth-order valence-corrected chi connectivity index (χ4v) is 6.97. The van der Waals surface area contributed by atoms with Crippen molar-refractivity contribution in [3.05, 3.63) is 23.8 Å². The van der Waals surface area contributed by atoms with Gasteiger partial charge in [-0.05, 0) is 70.0 Å². The largest absolute Gasteiger partial charge is 0.390 e. The molecule has 0 spiro atoms. The number of hydrogen-bond acceptors (Lipinski definition) is 6. The summed E-state index contributed by atoms with van der Waals surface area (Å²) < 4.78 is 21.5. The van der Waals surface area contributed by atoms with E-state index < -0.39 is 39.9 Å². The highest BCUT2D eigenvalue weighted by molar-refractivity contribution is 7.75. The van der Waals surface area contributed by atoms with Crippen molar-refractivity contribution < 1.29 is 28.4 Å². The Morgan fingerprint density at radius 2 is 2.07 bits per heavy atom. The second kappa shape index (κ2) is 6.24. The van der Waals surface area contributed by atoms with E-state index in [1.54, 1.807) is 19.9 Å². The van der Waals surface area contributed by atoms with Gasteiger partial charge in [0.2, 0.25) is 0 Å². The van der Waals surface area contributed by atoms with Crippen LogP contribution in [0.25, 0.3) is 0 Å². The van der Waals surface area contributed by atoms with Crippen molar-refractivity contribution in [3.63, 3.8) is 0 Å². The topological polar surface area (TPSA) is 83.8 Å². The number of hydrogen-bond donors (Lipinski definition) is 3. The van der Waals surface area contributed by atoms with E-state index in [-0.39, 0.29) is 31.1 Å². The van der Waals surface area contributed by atoms with E-state index in [1.807, 2.05) is 0 Å². The van der Waals surface area contributed by atoms with Gasteiger partial charge < -0.3 is 14.4 Å². The Bertz CT molecular complexity index is 796. The molecule has 28 heavy (non-hydrogen) atoms. The van der Waals surface area contributed by atoms with Crippen LogP contribution in [0.5, 0.6) is 0 Å². The lowest BCUT2D eigenvalue weighted by Crippen LogP contribution is -2.69. The van der Waals surface area contributed by atoms with Gasteiger partial charge >= 0.3 is 0 Å². The minimum atomic E-state index is -1.95. The van der Waals surface area contributed by atoms with Gasteiger partial charge in [0.15, 0.2) is 17.2 Å². The van der Waals surface area contributed by atoms with Gasteiger partial charge in [0.25, 0.3) is 0 Å². The van der Waals surface area contributed by atoms with Gasteiger partial charge in [-0.15, -0.1) is 0 Å². The van der Waals surface area contributed by atoms with Crippen LogP contribution >= 0.6 is 12.9 Å². The Balaban J connectivity index is 1.78. The summed E-state index contributed by atoms with van der Waals surface area (Å²) in [6.45, 7) is 3.21. The van der Waals surface area contributed by atoms with Gasteiger partial charge in [0.1, 0.15) is 12.2 Å². The van der Waals surface area contributed by atoms with E-state index in [9.17, 15) is 19.8 Å². The van der Waals surface area contributed by atoms with Crippen molar-refractivity contribution >= 4 is 24.5 Å². The van der Waals surface area contributed by atoms with E-state index in [4.69, 9.17) is 0 Å². The lowest BCUT2D eigenvalue weighted by molar-refractivity contribution is -0.217. The summed E-state index contributed by atoms with van der Waals surface area (Å²) in [6, 6.07) is 0. The van der Waals surface area contributed by atoms with E-state index in [0.29, 0.717) is 24.8 Å². The smallest absolute Gasteiger partial charge is 0.191 e.